The zero-order valence-electron chi connectivity index (χ0n) is 10.8. The Hall–Kier alpha value is -2.47. The maximum Gasteiger partial charge on any atom is 0.269 e. The van der Waals surface area contributed by atoms with E-state index in [1.54, 1.807) is 6.07 Å². The van der Waals surface area contributed by atoms with Crippen LogP contribution in [0.4, 0.5) is 0 Å². The van der Waals surface area contributed by atoms with Gasteiger partial charge >= 0.3 is 0 Å². The van der Waals surface area contributed by atoms with E-state index in [2.05, 4.69) is 26.1 Å². The summed E-state index contributed by atoms with van der Waals surface area (Å²) in [6.07, 6.45) is 0. The second-order valence-electron chi connectivity index (χ2n) is 4.32. The number of fused-ring (bicyclic) bond motifs is 1. The Morgan fingerprint density at radius 2 is 1.86 bits per heavy atom. The summed E-state index contributed by atoms with van der Waals surface area (Å²) in [6, 6.07) is 14.8. The SMILES string of the molecule is NC(=O)c1ccc(Oc2ccc3ccccc3c2Br)nn1. The van der Waals surface area contributed by atoms with Gasteiger partial charge in [0.2, 0.25) is 5.88 Å². The number of nitrogens with two attached hydrogens (primary N) is 1. The molecule has 2 N–H and O–H groups in total. The van der Waals surface area contributed by atoms with Crippen LogP contribution in [0.15, 0.2) is 53.0 Å². The maximum atomic E-state index is 10.9. The van der Waals surface area contributed by atoms with Crippen LogP contribution in [0.2, 0.25) is 0 Å². The van der Waals surface area contributed by atoms with Gasteiger partial charge in [0.15, 0.2) is 5.69 Å². The molecule has 0 spiro atoms. The first-order chi connectivity index (χ1) is 10.1. The van der Waals surface area contributed by atoms with Gasteiger partial charge in [0.05, 0.1) is 4.47 Å². The molecule has 3 rings (SSSR count). The van der Waals surface area contributed by atoms with E-state index < -0.39 is 5.91 Å². The van der Waals surface area contributed by atoms with E-state index in [9.17, 15) is 4.79 Å². The Morgan fingerprint density at radius 3 is 2.57 bits per heavy atom. The lowest BCUT2D eigenvalue weighted by Gasteiger charge is -2.09. The number of carbonyl (C=O) groups is 1. The van der Waals surface area contributed by atoms with Crippen molar-refractivity contribution in [2.45, 2.75) is 0 Å². The van der Waals surface area contributed by atoms with Gasteiger partial charge in [-0.05, 0) is 38.8 Å². The molecule has 1 heterocycles. The van der Waals surface area contributed by atoms with Crippen LogP contribution in [-0.2, 0) is 0 Å². The second kappa shape index (κ2) is 5.49. The Bertz CT molecular complexity index is 819. The van der Waals surface area contributed by atoms with Crippen molar-refractivity contribution >= 4 is 32.6 Å². The summed E-state index contributed by atoms with van der Waals surface area (Å²) in [6.45, 7) is 0. The number of aromatic nitrogens is 2. The van der Waals surface area contributed by atoms with E-state index in [1.165, 1.54) is 6.07 Å². The van der Waals surface area contributed by atoms with Crippen molar-refractivity contribution in [2.24, 2.45) is 5.73 Å². The second-order valence-corrected chi connectivity index (χ2v) is 5.11. The normalized spacial score (nSPS) is 10.5. The Balaban J connectivity index is 1.94. The van der Waals surface area contributed by atoms with Crippen molar-refractivity contribution < 1.29 is 9.53 Å². The number of rotatable bonds is 3. The molecule has 6 heteroatoms. The van der Waals surface area contributed by atoms with E-state index >= 15 is 0 Å². The molecule has 104 valence electrons. The van der Waals surface area contributed by atoms with Gasteiger partial charge in [-0.2, -0.15) is 0 Å². The van der Waals surface area contributed by atoms with Crippen LogP contribution in [0.5, 0.6) is 11.6 Å². The standard InChI is InChI=1S/C15H10BrN3O2/c16-14-10-4-2-1-3-9(10)5-7-12(14)21-13-8-6-11(15(17)20)18-19-13/h1-8H,(H2,17,20). The van der Waals surface area contributed by atoms with Gasteiger partial charge < -0.3 is 10.5 Å². The lowest BCUT2D eigenvalue weighted by molar-refractivity contribution is 0.0994. The molecule has 0 unspecified atom stereocenters. The summed E-state index contributed by atoms with van der Waals surface area (Å²) in [4.78, 5) is 10.9. The van der Waals surface area contributed by atoms with Crippen molar-refractivity contribution in [3.63, 3.8) is 0 Å². The van der Waals surface area contributed by atoms with Crippen molar-refractivity contribution in [1.82, 2.24) is 10.2 Å². The minimum Gasteiger partial charge on any atom is -0.436 e. The molecule has 0 aliphatic heterocycles. The van der Waals surface area contributed by atoms with Crippen molar-refractivity contribution in [1.29, 1.82) is 0 Å². The molecule has 2 aromatic carbocycles. The van der Waals surface area contributed by atoms with Crippen LogP contribution in [0.3, 0.4) is 0 Å². The van der Waals surface area contributed by atoms with Crippen LogP contribution >= 0.6 is 15.9 Å². The fourth-order valence-corrected chi connectivity index (χ4v) is 2.49. The van der Waals surface area contributed by atoms with Crippen molar-refractivity contribution in [2.75, 3.05) is 0 Å². The quantitative estimate of drug-likeness (QED) is 0.791. The van der Waals surface area contributed by atoms with Gasteiger partial charge in [-0.15, -0.1) is 10.2 Å². The Morgan fingerprint density at radius 1 is 1.05 bits per heavy atom. The first kappa shape index (κ1) is 13.5. The van der Waals surface area contributed by atoms with E-state index in [4.69, 9.17) is 10.5 Å². The van der Waals surface area contributed by atoms with Crippen molar-refractivity contribution in [3.05, 3.63) is 58.7 Å². The third-order valence-corrected chi connectivity index (χ3v) is 3.75. The largest absolute Gasteiger partial charge is 0.436 e. The average molecular weight is 344 g/mol. The number of carbonyl (C=O) groups excluding carboxylic acids is 1. The van der Waals surface area contributed by atoms with Crippen LogP contribution in [0.1, 0.15) is 10.5 Å². The lowest BCUT2D eigenvalue weighted by Crippen LogP contribution is -2.13. The highest BCUT2D eigenvalue weighted by Crippen LogP contribution is 2.35. The lowest BCUT2D eigenvalue weighted by atomic mass is 10.1. The van der Waals surface area contributed by atoms with Gasteiger partial charge in [0.25, 0.3) is 5.91 Å². The van der Waals surface area contributed by atoms with Crippen LogP contribution < -0.4 is 10.5 Å². The molecule has 0 saturated heterocycles. The maximum absolute atomic E-state index is 10.9. The molecule has 3 aromatic rings. The molecule has 5 nitrogen and oxygen atoms in total. The highest BCUT2D eigenvalue weighted by atomic mass is 79.9. The first-order valence-electron chi connectivity index (χ1n) is 6.14. The summed E-state index contributed by atoms with van der Waals surface area (Å²) >= 11 is 3.53. The monoisotopic (exact) mass is 343 g/mol. The first-order valence-corrected chi connectivity index (χ1v) is 6.93. The van der Waals surface area contributed by atoms with Gasteiger partial charge in [-0.1, -0.05) is 30.3 Å². The summed E-state index contributed by atoms with van der Waals surface area (Å²) in [5.41, 5.74) is 5.21. The van der Waals surface area contributed by atoms with Gasteiger partial charge in [-0.3, -0.25) is 4.79 Å². The van der Waals surface area contributed by atoms with Crippen LogP contribution in [0.25, 0.3) is 10.8 Å². The molecule has 0 radical (unpaired) electrons. The van der Waals surface area contributed by atoms with E-state index in [1.807, 2.05) is 36.4 Å². The summed E-state index contributed by atoms with van der Waals surface area (Å²) in [7, 11) is 0. The number of primary amides is 1. The molecular formula is C15H10BrN3O2. The molecule has 0 bridgehead atoms. The highest BCUT2D eigenvalue weighted by Gasteiger charge is 2.09. The zero-order valence-corrected chi connectivity index (χ0v) is 12.4. The van der Waals surface area contributed by atoms with E-state index in [-0.39, 0.29) is 11.6 Å². The van der Waals surface area contributed by atoms with Gasteiger partial charge in [-0.25, -0.2) is 0 Å². The molecule has 21 heavy (non-hydrogen) atoms. The van der Waals surface area contributed by atoms with Gasteiger partial charge in [0, 0.05) is 6.07 Å². The summed E-state index contributed by atoms with van der Waals surface area (Å²) in [5.74, 6) is 0.284. The number of nitrogens with zero attached hydrogens (tertiary/aromatic N) is 2. The van der Waals surface area contributed by atoms with Crippen LogP contribution in [0, 0.1) is 0 Å². The topological polar surface area (TPSA) is 78.1 Å². The molecule has 1 amide bonds. The molecule has 0 aliphatic rings. The minimum atomic E-state index is -0.624. The smallest absolute Gasteiger partial charge is 0.269 e. The molecule has 0 fully saturated rings. The predicted molar refractivity (Wildman–Crippen MR) is 82.3 cm³/mol. The highest BCUT2D eigenvalue weighted by molar-refractivity contribution is 9.10. The third-order valence-electron chi connectivity index (χ3n) is 2.93. The van der Waals surface area contributed by atoms with Crippen LogP contribution in [-0.4, -0.2) is 16.1 Å². The third kappa shape index (κ3) is 2.71. The number of ether oxygens (including phenoxy) is 1. The Labute approximate surface area is 128 Å². The minimum absolute atomic E-state index is 0.0972. The molecular weight excluding hydrogens is 334 g/mol. The molecule has 0 aliphatic carbocycles. The average Bonchev–Trinajstić information content (AvgIpc) is 2.51. The van der Waals surface area contributed by atoms with Crippen molar-refractivity contribution in [3.8, 4) is 11.6 Å². The number of hydrogen-bond donors (Lipinski definition) is 1. The van der Waals surface area contributed by atoms with E-state index in [0.717, 1.165) is 15.2 Å². The number of hydrogen-bond acceptors (Lipinski definition) is 4. The Kier molecular flexibility index (Phi) is 3.53. The fraction of sp³-hybridized carbons (Fsp3) is 0. The predicted octanol–water partition coefficient (Wildman–Crippen LogP) is 3.28. The molecule has 0 saturated carbocycles. The molecule has 1 aromatic heterocycles. The van der Waals surface area contributed by atoms with Gasteiger partial charge in [0.1, 0.15) is 5.75 Å². The molecule has 0 atom stereocenters. The number of halogens is 1. The summed E-state index contributed by atoms with van der Waals surface area (Å²) < 4.78 is 6.51. The fourth-order valence-electron chi connectivity index (χ4n) is 1.91. The summed E-state index contributed by atoms with van der Waals surface area (Å²) in [5, 5.41) is 9.67. The van der Waals surface area contributed by atoms with E-state index in [0.29, 0.717) is 5.75 Å². The number of benzene rings is 2. The zero-order chi connectivity index (χ0) is 14.8. The number of amides is 1.